The van der Waals surface area contributed by atoms with Crippen molar-refractivity contribution >= 4 is 35.2 Å². The number of amides is 3. The van der Waals surface area contributed by atoms with Crippen LogP contribution in [0.5, 0.6) is 0 Å². The zero-order chi connectivity index (χ0) is 20.3. The number of anilines is 1. The number of likely N-dealkylation sites (tertiary alicyclic amines) is 1. The number of hydrogen-bond acceptors (Lipinski definition) is 5. The number of thioether (sulfide) groups is 1. The Morgan fingerprint density at radius 3 is 2.69 bits per heavy atom. The highest BCUT2D eigenvalue weighted by atomic mass is 32.2. The Morgan fingerprint density at radius 1 is 1.21 bits per heavy atom. The first-order chi connectivity index (χ1) is 14.0. The Bertz CT molecular complexity index is 903. The molecule has 6 nitrogen and oxygen atoms in total. The molecule has 3 heterocycles. The Balaban J connectivity index is 1.63. The summed E-state index contributed by atoms with van der Waals surface area (Å²) >= 11 is 1.66. The van der Waals surface area contributed by atoms with Gasteiger partial charge in [0, 0.05) is 23.3 Å². The van der Waals surface area contributed by atoms with Gasteiger partial charge in [-0.15, -0.1) is 0 Å². The minimum atomic E-state index is -1.38. The van der Waals surface area contributed by atoms with Crippen LogP contribution in [0.15, 0.2) is 18.2 Å². The van der Waals surface area contributed by atoms with E-state index in [1.165, 1.54) is 23.1 Å². The topological polar surface area (TPSA) is 78.5 Å². The van der Waals surface area contributed by atoms with Crippen molar-refractivity contribution in [1.82, 2.24) is 10.2 Å². The molecule has 0 aromatic heterocycles. The molecule has 1 aromatic rings. The van der Waals surface area contributed by atoms with Gasteiger partial charge in [0.05, 0.1) is 11.8 Å². The van der Waals surface area contributed by atoms with E-state index in [1.807, 2.05) is 6.26 Å². The number of nitrogens with one attached hydrogen (secondary N) is 2. The number of fused-ring (bicyclic) bond motifs is 4. The molecule has 1 aliphatic carbocycles. The van der Waals surface area contributed by atoms with Gasteiger partial charge < -0.3 is 5.32 Å². The molecule has 2 N–H and O–H groups in total. The highest BCUT2D eigenvalue weighted by Crippen LogP contribution is 2.54. The fraction of sp³-hybridized carbons (Fsp3) is 0.571. The van der Waals surface area contributed by atoms with Crippen molar-refractivity contribution in [3.05, 3.63) is 29.6 Å². The lowest BCUT2D eigenvalue weighted by atomic mass is 9.76. The Morgan fingerprint density at radius 2 is 1.97 bits per heavy atom. The number of benzene rings is 1. The third-order valence-electron chi connectivity index (χ3n) is 7.03. The van der Waals surface area contributed by atoms with Gasteiger partial charge in [0.2, 0.25) is 17.7 Å². The van der Waals surface area contributed by atoms with E-state index < -0.39 is 23.2 Å². The van der Waals surface area contributed by atoms with Crippen molar-refractivity contribution in [2.45, 2.75) is 49.7 Å². The monoisotopic (exact) mass is 417 g/mol. The molecular weight excluding hydrogens is 393 g/mol. The summed E-state index contributed by atoms with van der Waals surface area (Å²) in [4.78, 5) is 41.7. The number of carbonyl (C=O) groups excluding carboxylic acids is 3. The van der Waals surface area contributed by atoms with Crippen LogP contribution in [-0.2, 0) is 19.9 Å². The molecule has 3 aliphatic heterocycles. The molecule has 5 rings (SSSR count). The fourth-order valence-corrected chi connectivity index (χ4v) is 6.30. The van der Waals surface area contributed by atoms with Gasteiger partial charge in [-0.1, -0.05) is 12.8 Å². The SMILES string of the molecule is CSCC[C@@H]1N[C@]2(C(=O)Nc3ccc(F)cc32)[C@H]2C(=O)N(C3CCCC3)C(=O)[C@H]12. The lowest BCUT2D eigenvalue weighted by Crippen LogP contribution is -2.54. The van der Waals surface area contributed by atoms with E-state index in [2.05, 4.69) is 10.6 Å². The molecule has 8 heteroatoms. The Hall–Kier alpha value is -1.93. The predicted octanol–water partition coefficient (Wildman–Crippen LogP) is 2.24. The van der Waals surface area contributed by atoms with Crippen LogP contribution in [0.3, 0.4) is 0 Å². The van der Waals surface area contributed by atoms with Crippen LogP contribution >= 0.6 is 11.8 Å². The Labute approximate surface area is 173 Å². The largest absolute Gasteiger partial charge is 0.324 e. The van der Waals surface area contributed by atoms with Crippen LogP contribution in [0.4, 0.5) is 10.1 Å². The van der Waals surface area contributed by atoms with Gasteiger partial charge in [-0.3, -0.25) is 24.6 Å². The van der Waals surface area contributed by atoms with Crippen molar-refractivity contribution < 1.29 is 18.8 Å². The van der Waals surface area contributed by atoms with Crippen LogP contribution < -0.4 is 10.6 Å². The molecule has 0 radical (unpaired) electrons. The third kappa shape index (κ3) is 2.54. The van der Waals surface area contributed by atoms with E-state index >= 15 is 0 Å². The predicted molar refractivity (Wildman–Crippen MR) is 108 cm³/mol. The summed E-state index contributed by atoms with van der Waals surface area (Å²) in [5.41, 5.74) is -0.433. The van der Waals surface area contributed by atoms with E-state index in [-0.39, 0.29) is 29.8 Å². The summed E-state index contributed by atoms with van der Waals surface area (Å²) in [6, 6.07) is 3.77. The second-order valence-corrected chi connectivity index (χ2v) is 9.46. The summed E-state index contributed by atoms with van der Waals surface area (Å²) in [6.45, 7) is 0. The van der Waals surface area contributed by atoms with Crippen molar-refractivity contribution in [3.63, 3.8) is 0 Å². The van der Waals surface area contributed by atoms with E-state index in [0.29, 0.717) is 17.7 Å². The van der Waals surface area contributed by atoms with Crippen LogP contribution in [0.2, 0.25) is 0 Å². The van der Waals surface area contributed by atoms with Gasteiger partial charge in [-0.05, 0) is 49.5 Å². The maximum atomic E-state index is 14.1. The minimum Gasteiger partial charge on any atom is -0.324 e. The summed E-state index contributed by atoms with van der Waals surface area (Å²) in [5, 5.41) is 6.16. The van der Waals surface area contributed by atoms with Crippen LogP contribution in [0, 0.1) is 17.7 Å². The molecule has 2 saturated heterocycles. The number of hydrogen-bond donors (Lipinski definition) is 2. The van der Waals surface area contributed by atoms with Gasteiger partial charge in [0.1, 0.15) is 11.4 Å². The molecule has 4 aliphatic rings. The first-order valence-corrected chi connectivity index (χ1v) is 11.6. The standard InChI is InChI=1S/C21H24FN3O3S/c1-29-9-8-15-16-17(19(27)25(18(16)26)12-4-2-3-5-12)21(24-15)13-10-11(22)6-7-14(13)23-20(21)28/h6-7,10,12,15-17,24H,2-5,8-9H2,1H3,(H,23,28)/t15-,16+,17+,21-/m0/s1. The molecule has 1 aromatic carbocycles. The summed E-state index contributed by atoms with van der Waals surface area (Å²) in [7, 11) is 0. The van der Waals surface area contributed by atoms with E-state index in [9.17, 15) is 18.8 Å². The molecule has 3 amide bonds. The lowest BCUT2D eigenvalue weighted by Gasteiger charge is -2.31. The molecule has 4 atom stereocenters. The van der Waals surface area contributed by atoms with Crippen molar-refractivity contribution in [2.24, 2.45) is 11.8 Å². The molecule has 0 unspecified atom stereocenters. The van der Waals surface area contributed by atoms with Crippen molar-refractivity contribution in [2.75, 3.05) is 17.3 Å². The van der Waals surface area contributed by atoms with E-state index in [0.717, 1.165) is 31.4 Å². The smallest absolute Gasteiger partial charge is 0.250 e. The molecule has 0 bridgehead atoms. The normalized spacial score (nSPS) is 33.7. The summed E-state index contributed by atoms with van der Waals surface area (Å²) in [6.07, 6.45) is 6.31. The second kappa shape index (κ2) is 6.80. The van der Waals surface area contributed by atoms with E-state index in [1.54, 1.807) is 11.8 Å². The third-order valence-corrected chi connectivity index (χ3v) is 7.68. The van der Waals surface area contributed by atoms with E-state index in [4.69, 9.17) is 0 Å². The first-order valence-electron chi connectivity index (χ1n) is 10.2. The number of rotatable bonds is 4. The number of nitrogens with zero attached hydrogens (tertiary/aromatic N) is 1. The summed E-state index contributed by atoms with van der Waals surface area (Å²) < 4.78 is 14.1. The highest BCUT2D eigenvalue weighted by Gasteiger charge is 2.70. The Kier molecular flexibility index (Phi) is 4.47. The molecule has 29 heavy (non-hydrogen) atoms. The van der Waals surface area contributed by atoms with Gasteiger partial charge in [-0.25, -0.2) is 4.39 Å². The molecule has 1 spiro atoms. The van der Waals surface area contributed by atoms with Gasteiger partial charge in [0.25, 0.3) is 0 Å². The second-order valence-electron chi connectivity index (χ2n) is 8.47. The van der Waals surface area contributed by atoms with Gasteiger partial charge in [-0.2, -0.15) is 11.8 Å². The van der Waals surface area contributed by atoms with Crippen LogP contribution in [0.1, 0.15) is 37.7 Å². The van der Waals surface area contributed by atoms with Crippen molar-refractivity contribution in [1.29, 1.82) is 0 Å². The molecule has 154 valence electrons. The zero-order valence-corrected chi connectivity index (χ0v) is 17.1. The average Bonchev–Trinajstić information content (AvgIpc) is 3.43. The molecular formula is C21H24FN3O3S. The van der Waals surface area contributed by atoms with Crippen molar-refractivity contribution in [3.8, 4) is 0 Å². The van der Waals surface area contributed by atoms with Crippen LogP contribution in [-0.4, -0.2) is 46.7 Å². The summed E-state index contributed by atoms with van der Waals surface area (Å²) in [5.74, 6) is -1.89. The minimum absolute atomic E-state index is 0.0738. The zero-order valence-electron chi connectivity index (χ0n) is 16.2. The number of halogens is 1. The van der Waals surface area contributed by atoms with Crippen LogP contribution in [0.25, 0.3) is 0 Å². The van der Waals surface area contributed by atoms with Gasteiger partial charge >= 0.3 is 0 Å². The highest BCUT2D eigenvalue weighted by molar-refractivity contribution is 7.98. The maximum Gasteiger partial charge on any atom is 0.250 e. The molecule has 1 saturated carbocycles. The maximum absolute atomic E-state index is 14.1. The lowest BCUT2D eigenvalue weighted by molar-refractivity contribution is -0.145. The number of imide groups is 1. The first kappa shape index (κ1) is 19.1. The quantitative estimate of drug-likeness (QED) is 0.735. The molecule has 3 fully saturated rings. The number of carbonyl (C=O) groups is 3. The van der Waals surface area contributed by atoms with Gasteiger partial charge in [0.15, 0.2) is 0 Å². The average molecular weight is 418 g/mol. The fourth-order valence-electron chi connectivity index (χ4n) is 5.81.